The number of aromatic nitrogens is 3. The van der Waals surface area contributed by atoms with Gasteiger partial charge in [-0.25, -0.2) is 0 Å². The van der Waals surface area contributed by atoms with Crippen LogP contribution in [-0.2, 0) is 0 Å². The number of nitrogens with two attached hydrogens (primary N) is 1. The topological polar surface area (TPSA) is 76.4 Å². The summed E-state index contributed by atoms with van der Waals surface area (Å²) in [4.78, 5) is 0. The van der Waals surface area contributed by atoms with Crippen LogP contribution in [0.3, 0.4) is 0 Å². The van der Waals surface area contributed by atoms with Crippen LogP contribution in [-0.4, -0.2) is 19.7 Å². The normalized spacial score (nSPS) is 10.8. The van der Waals surface area contributed by atoms with E-state index in [1.807, 2.05) is 12.1 Å². The van der Waals surface area contributed by atoms with Crippen molar-refractivity contribution < 1.29 is 5.11 Å². The molecular weight excluding hydrogens is 216 g/mol. The van der Waals surface area contributed by atoms with Gasteiger partial charge in [0.1, 0.15) is 11.6 Å². The SMILES string of the molecule is Nc1cccc2nnc(-c3ccc(O)cc3)n12. The van der Waals surface area contributed by atoms with Crippen molar-refractivity contribution in [1.29, 1.82) is 0 Å². The van der Waals surface area contributed by atoms with Crippen LogP contribution in [0.5, 0.6) is 5.75 Å². The van der Waals surface area contributed by atoms with E-state index in [9.17, 15) is 5.11 Å². The molecule has 3 rings (SSSR count). The van der Waals surface area contributed by atoms with Gasteiger partial charge in [-0.05, 0) is 36.4 Å². The molecule has 0 fully saturated rings. The van der Waals surface area contributed by atoms with Crippen LogP contribution in [0.1, 0.15) is 0 Å². The molecule has 0 aliphatic carbocycles. The second-order valence-corrected chi connectivity index (χ2v) is 3.71. The maximum absolute atomic E-state index is 9.25. The van der Waals surface area contributed by atoms with Gasteiger partial charge in [0.2, 0.25) is 0 Å². The molecule has 0 saturated carbocycles. The van der Waals surface area contributed by atoms with Crippen LogP contribution in [0.2, 0.25) is 0 Å². The molecule has 5 nitrogen and oxygen atoms in total. The van der Waals surface area contributed by atoms with Gasteiger partial charge in [-0.2, -0.15) is 0 Å². The highest BCUT2D eigenvalue weighted by Gasteiger charge is 2.09. The minimum atomic E-state index is 0.218. The number of hydrogen-bond acceptors (Lipinski definition) is 4. The number of rotatable bonds is 1. The number of aromatic hydroxyl groups is 1. The fraction of sp³-hybridized carbons (Fsp3) is 0. The van der Waals surface area contributed by atoms with Gasteiger partial charge in [-0.3, -0.25) is 4.40 Å². The Labute approximate surface area is 97.1 Å². The van der Waals surface area contributed by atoms with Gasteiger partial charge in [0.15, 0.2) is 11.5 Å². The first-order valence-electron chi connectivity index (χ1n) is 5.15. The van der Waals surface area contributed by atoms with Crippen molar-refractivity contribution in [3.05, 3.63) is 42.5 Å². The van der Waals surface area contributed by atoms with E-state index in [1.54, 1.807) is 34.7 Å². The third-order valence-electron chi connectivity index (χ3n) is 2.58. The minimum Gasteiger partial charge on any atom is -0.508 e. The Hall–Kier alpha value is -2.56. The van der Waals surface area contributed by atoms with Crippen LogP contribution >= 0.6 is 0 Å². The highest BCUT2D eigenvalue weighted by molar-refractivity contribution is 5.63. The minimum absolute atomic E-state index is 0.218. The number of fused-ring (bicyclic) bond motifs is 1. The van der Waals surface area contributed by atoms with E-state index < -0.39 is 0 Å². The second-order valence-electron chi connectivity index (χ2n) is 3.71. The van der Waals surface area contributed by atoms with E-state index in [-0.39, 0.29) is 5.75 Å². The van der Waals surface area contributed by atoms with E-state index in [2.05, 4.69) is 10.2 Å². The van der Waals surface area contributed by atoms with E-state index in [0.717, 1.165) is 5.56 Å². The third-order valence-corrected chi connectivity index (χ3v) is 2.58. The predicted octanol–water partition coefficient (Wildman–Crippen LogP) is 1.68. The number of phenolic OH excluding ortho intramolecular Hbond substituents is 1. The number of hydrogen-bond donors (Lipinski definition) is 2. The molecular formula is C12H10N4O. The van der Waals surface area contributed by atoms with Crippen molar-refractivity contribution in [3.8, 4) is 17.1 Å². The number of pyridine rings is 1. The summed E-state index contributed by atoms with van der Waals surface area (Å²) in [6.45, 7) is 0. The summed E-state index contributed by atoms with van der Waals surface area (Å²) >= 11 is 0. The summed E-state index contributed by atoms with van der Waals surface area (Å²) < 4.78 is 1.77. The molecule has 0 radical (unpaired) electrons. The molecule has 0 aliphatic heterocycles. The van der Waals surface area contributed by atoms with Crippen LogP contribution in [0.25, 0.3) is 17.0 Å². The maximum Gasteiger partial charge on any atom is 0.169 e. The average Bonchev–Trinajstić information content (AvgIpc) is 2.75. The van der Waals surface area contributed by atoms with Crippen molar-refractivity contribution in [2.24, 2.45) is 0 Å². The van der Waals surface area contributed by atoms with Gasteiger partial charge in [0.25, 0.3) is 0 Å². The third kappa shape index (κ3) is 1.48. The van der Waals surface area contributed by atoms with Crippen molar-refractivity contribution in [3.63, 3.8) is 0 Å². The van der Waals surface area contributed by atoms with E-state index in [0.29, 0.717) is 17.3 Å². The Morgan fingerprint density at radius 3 is 2.53 bits per heavy atom. The maximum atomic E-state index is 9.25. The molecule has 84 valence electrons. The number of anilines is 1. The number of nitrogen functional groups attached to an aromatic ring is 1. The molecule has 1 aromatic carbocycles. The zero-order chi connectivity index (χ0) is 11.8. The van der Waals surface area contributed by atoms with Crippen LogP contribution < -0.4 is 5.73 Å². The molecule has 0 atom stereocenters. The fourth-order valence-corrected chi connectivity index (χ4v) is 1.76. The number of phenols is 1. The first-order valence-corrected chi connectivity index (χ1v) is 5.15. The van der Waals surface area contributed by atoms with Gasteiger partial charge < -0.3 is 10.8 Å². The molecule has 0 saturated heterocycles. The molecule has 3 aromatic rings. The van der Waals surface area contributed by atoms with E-state index >= 15 is 0 Å². The first kappa shape index (κ1) is 9.65. The molecule has 0 aliphatic rings. The van der Waals surface area contributed by atoms with Gasteiger partial charge in [0.05, 0.1) is 0 Å². The Balaban J connectivity index is 2.27. The smallest absolute Gasteiger partial charge is 0.169 e. The summed E-state index contributed by atoms with van der Waals surface area (Å²) in [5.74, 6) is 1.46. The number of benzene rings is 1. The Morgan fingerprint density at radius 2 is 1.76 bits per heavy atom. The molecule has 5 heteroatoms. The van der Waals surface area contributed by atoms with Crippen LogP contribution in [0, 0.1) is 0 Å². The fourth-order valence-electron chi connectivity index (χ4n) is 1.76. The quantitative estimate of drug-likeness (QED) is 0.662. The lowest BCUT2D eigenvalue weighted by molar-refractivity contribution is 0.475. The summed E-state index contributed by atoms with van der Waals surface area (Å²) in [7, 11) is 0. The molecule has 2 heterocycles. The van der Waals surface area contributed by atoms with Gasteiger partial charge in [-0.15, -0.1) is 10.2 Å². The van der Waals surface area contributed by atoms with E-state index in [4.69, 9.17) is 5.73 Å². The van der Waals surface area contributed by atoms with Crippen molar-refractivity contribution in [2.45, 2.75) is 0 Å². The van der Waals surface area contributed by atoms with Crippen LogP contribution in [0.4, 0.5) is 5.82 Å². The Morgan fingerprint density at radius 1 is 1.00 bits per heavy atom. The first-order chi connectivity index (χ1) is 8.25. The van der Waals surface area contributed by atoms with Gasteiger partial charge >= 0.3 is 0 Å². The largest absolute Gasteiger partial charge is 0.508 e. The zero-order valence-corrected chi connectivity index (χ0v) is 8.91. The summed E-state index contributed by atoms with van der Waals surface area (Å²) in [5.41, 5.74) is 7.46. The van der Waals surface area contributed by atoms with E-state index in [1.165, 1.54) is 0 Å². The zero-order valence-electron chi connectivity index (χ0n) is 8.91. The van der Waals surface area contributed by atoms with Crippen molar-refractivity contribution in [2.75, 3.05) is 5.73 Å². The van der Waals surface area contributed by atoms with Gasteiger partial charge in [-0.1, -0.05) is 6.07 Å². The predicted molar refractivity (Wildman–Crippen MR) is 64.5 cm³/mol. The molecule has 17 heavy (non-hydrogen) atoms. The molecule has 0 spiro atoms. The lowest BCUT2D eigenvalue weighted by Gasteiger charge is -2.03. The van der Waals surface area contributed by atoms with Crippen LogP contribution in [0.15, 0.2) is 42.5 Å². The van der Waals surface area contributed by atoms with Crippen molar-refractivity contribution >= 4 is 11.5 Å². The molecule has 0 bridgehead atoms. The van der Waals surface area contributed by atoms with Crippen molar-refractivity contribution in [1.82, 2.24) is 14.6 Å². The number of nitrogens with zero attached hydrogens (tertiary/aromatic N) is 3. The van der Waals surface area contributed by atoms with Gasteiger partial charge in [0, 0.05) is 5.56 Å². The second kappa shape index (κ2) is 3.48. The molecule has 2 aromatic heterocycles. The Kier molecular flexibility index (Phi) is 1.98. The molecule has 0 unspecified atom stereocenters. The highest BCUT2D eigenvalue weighted by Crippen LogP contribution is 2.22. The monoisotopic (exact) mass is 226 g/mol. The standard InChI is InChI=1S/C12H10N4O/c13-10-2-1-3-11-14-15-12(16(10)11)8-4-6-9(17)7-5-8/h1-7,17H,13H2. The Bertz CT molecular complexity index is 673. The average molecular weight is 226 g/mol. The summed E-state index contributed by atoms with van der Waals surface area (Å²) in [6.07, 6.45) is 0. The lowest BCUT2D eigenvalue weighted by atomic mass is 10.2. The summed E-state index contributed by atoms with van der Waals surface area (Å²) in [6, 6.07) is 12.2. The summed E-state index contributed by atoms with van der Waals surface area (Å²) in [5, 5.41) is 17.4. The molecule has 0 amide bonds. The highest BCUT2D eigenvalue weighted by atomic mass is 16.3. The lowest BCUT2D eigenvalue weighted by Crippen LogP contribution is -1.97. The molecule has 3 N–H and O–H groups in total.